The molecule has 2 heterocycles. The Morgan fingerprint density at radius 2 is 1.18 bits per heavy atom. The summed E-state index contributed by atoms with van der Waals surface area (Å²) in [6.07, 6.45) is 17.8. The van der Waals surface area contributed by atoms with Crippen LogP contribution in [-0.2, 0) is 33.1 Å². The summed E-state index contributed by atoms with van der Waals surface area (Å²) in [5.74, 6) is 2.99. The number of benzene rings is 2. The zero-order valence-corrected chi connectivity index (χ0v) is 30.6. The van der Waals surface area contributed by atoms with Crippen LogP contribution < -0.4 is 20.1 Å². The summed E-state index contributed by atoms with van der Waals surface area (Å²) in [6, 6.07) is 14.4. The van der Waals surface area contributed by atoms with Crippen molar-refractivity contribution in [3.63, 3.8) is 0 Å². The van der Waals surface area contributed by atoms with Crippen molar-refractivity contribution in [2.75, 3.05) is 13.1 Å². The first kappa shape index (κ1) is 34.3. The van der Waals surface area contributed by atoms with Crippen molar-refractivity contribution in [2.24, 2.45) is 11.8 Å². The summed E-state index contributed by atoms with van der Waals surface area (Å²) in [5.41, 5.74) is 6.35. The molecule has 8 rings (SSSR count). The third kappa shape index (κ3) is 6.44. The molecule has 0 radical (unpaired) electrons. The average molecular weight is 685 g/mol. The lowest BCUT2D eigenvalue weighted by Gasteiger charge is -2.56. The molecule has 2 aromatic carbocycles. The van der Waals surface area contributed by atoms with Crippen molar-refractivity contribution < 1.29 is 23.7 Å². The Labute approximate surface area is 299 Å². The van der Waals surface area contributed by atoms with E-state index >= 15 is 0 Å². The highest BCUT2D eigenvalue weighted by molar-refractivity contribution is 5.60. The molecule has 7 heteroatoms. The minimum absolute atomic E-state index is 0.244. The lowest BCUT2D eigenvalue weighted by molar-refractivity contribution is -0.113. The van der Waals surface area contributed by atoms with Gasteiger partial charge in [-0.2, -0.15) is 0 Å². The van der Waals surface area contributed by atoms with E-state index in [9.17, 15) is 4.79 Å². The predicted octanol–water partition coefficient (Wildman–Crippen LogP) is 9.02. The zero-order valence-electron chi connectivity index (χ0n) is 30.6. The molecule has 4 bridgehead atoms. The fraction of sp³-hybridized carbons (Fsp3) is 0.698. The summed E-state index contributed by atoms with van der Waals surface area (Å²) in [4.78, 5) is 13.5. The normalized spacial score (nSPS) is 31.9. The van der Waals surface area contributed by atoms with Gasteiger partial charge in [0, 0.05) is 35.8 Å². The largest absolute Gasteiger partial charge is 0.514 e. The van der Waals surface area contributed by atoms with Crippen molar-refractivity contribution in [3.8, 4) is 11.5 Å². The Hall–Kier alpha value is -2.77. The second kappa shape index (κ2) is 14.7. The van der Waals surface area contributed by atoms with Gasteiger partial charge < -0.3 is 29.6 Å². The number of ether oxygens (including phenoxy) is 4. The molecule has 7 nitrogen and oxygen atoms in total. The van der Waals surface area contributed by atoms with E-state index in [-0.39, 0.29) is 10.8 Å². The number of nitrogens with one attached hydrogen (secondary N) is 2. The van der Waals surface area contributed by atoms with Gasteiger partial charge in [0.25, 0.3) is 0 Å². The molecular weight excluding hydrogens is 624 g/mol. The molecule has 2 saturated heterocycles. The van der Waals surface area contributed by atoms with Crippen LogP contribution in [0.25, 0.3) is 0 Å². The van der Waals surface area contributed by atoms with Crippen LogP contribution in [0.2, 0.25) is 0 Å². The van der Waals surface area contributed by atoms with E-state index in [4.69, 9.17) is 18.9 Å². The quantitative estimate of drug-likeness (QED) is 0.171. The fourth-order valence-electron chi connectivity index (χ4n) is 11.5. The zero-order chi connectivity index (χ0) is 34.1. The molecule has 6 aliphatic rings. The summed E-state index contributed by atoms with van der Waals surface area (Å²) in [7, 11) is 0. The fourth-order valence-corrected chi connectivity index (χ4v) is 11.5. The van der Waals surface area contributed by atoms with Crippen LogP contribution in [0, 0.1) is 11.8 Å². The van der Waals surface area contributed by atoms with Crippen LogP contribution in [0.4, 0.5) is 4.79 Å². The third-order valence-electron chi connectivity index (χ3n) is 13.8. The first-order valence-electron chi connectivity index (χ1n) is 20.5. The maximum absolute atomic E-state index is 13.5. The van der Waals surface area contributed by atoms with E-state index in [0.29, 0.717) is 36.8 Å². The number of carbonyl (C=O) groups excluding carboxylic acids is 1. The van der Waals surface area contributed by atoms with Crippen molar-refractivity contribution >= 4 is 6.16 Å². The highest BCUT2D eigenvalue weighted by atomic mass is 16.8. The van der Waals surface area contributed by atoms with Crippen LogP contribution in [0.1, 0.15) is 139 Å². The van der Waals surface area contributed by atoms with Crippen molar-refractivity contribution in [2.45, 2.75) is 165 Å². The first-order chi connectivity index (χ1) is 24.5. The molecular formula is C43H60N2O5. The number of piperidine rings is 2. The Bertz CT molecular complexity index is 1390. The molecule has 2 saturated carbocycles. The van der Waals surface area contributed by atoms with Crippen LogP contribution in [0.3, 0.4) is 0 Å². The van der Waals surface area contributed by atoms with E-state index < -0.39 is 18.7 Å². The number of rotatable bonds is 12. The van der Waals surface area contributed by atoms with Crippen LogP contribution >= 0.6 is 0 Å². The van der Waals surface area contributed by atoms with Gasteiger partial charge in [-0.3, -0.25) is 0 Å². The molecule has 50 heavy (non-hydrogen) atoms. The molecule has 2 unspecified atom stereocenters. The maximum atomic E-state index is 13.5. The molecule has 2 aliphatic heterocycles. The number of hydrogen-bond donors (Lipinski definition) is 2. The van der Waals surface area contributed by atoms with Gasteiger partial charge in [-0.15, -0.1) is 0 Å². The van der Waals surface area contributed by atoms with Crippen molar-refractivity contribution in [1.82, 2.24) is 10.6 Å². The molecule has 0 amide bonds. The van der Waals surface area contributed by atoms with Gasteiger partial charge in [0.1, 0.15) is 11.5 Å². The van der Waals surface area contributed by atoms with E-state index in [0.717, 1.165) is 63.1 Å². The Kier molecular flexibility index (Phi) is 10.1. The number of hydrogen-bond acceptors (Lipinski definition) is 7. The third-order valence-corrected chi connectivity index (χ3v) is 13.8. The summed E-state index contributed by atoms with van der Waals surface area (Å²) in [6.45, 7) is 6.48. The number of carbonyl (C=O) groups is 1. The minimum Gasteiger partial charge on any atom is -0.455 e. The summed E-state index contributed by atoms with van der Waals surface area (Å²) >= 11 is 0. The van der Waals surface area contributed by atoms with Gasteiger partial charge in [-0.1, -0.05) is 64.5 Å². The van der Waals surface area contributed by atoms with Crippen molar-refractivity contribution in [3.05, 3.63) is 58.7 Å². The number of unbranched alkanes of at least 4 members (excludes halogenated alkanes) is 2. The monoisotopic (exact) mass is 684 g/mol. The molecule has 8 atom stereocenters. The van der Waals surface area contributed by atoms with Gasteiger partial charge in [0.15, 0.2) is 0 Å². The minimum atomic E-state index is -0.720. The Balaban J connectivity index is 0.968. The van der Waals surface area contributed by atoms with Crippen LogP contribution in [0.15, 0.2) is 36.4 Å². The van der Waals surface area contributed by atoms with E-state index in [1.807, 2.05) is 0 Å². The smallest absolute Gasteiger partial charge is 0.455 e. The van der Waals surface area contributed by atoms with Gasteiger partial charge in [-0.05, 0) is 136 Å². The van der Waals surface area contributed by atoms with E-state index in [2.05, 4.69) is 60.9 Å². The van der Waals surface area contributed by atoms with E-state index in [1.165, 1.54) is 86.5 Å². The highest BCUT2D eigenvalue weighted by Gasteiger charge is 2.52. The lowest BCUT2D eigenvalue weighted by Crippen LogP contribution is -2.59. The second-order valence-corrected chi connectivity index (χ2v) is 16.5. The number of fused-ring (bicyclic) bond motifs is 2. The summed E-state index contributed by atoms with van der Waals surface area (Å²) < 4.78 is 25.0. The molecule has 2 N–H and O–H groups in total. The van der Waals surface area contributed by atoms with Crippen LogP contribution in [0.5, 0.6) is 11.5 Å². The Morgan fingerprint density at radius 3 is 1.64 bits per heavy atom. The molecule has 4 aliphatic carbocycles. The van der Waals surface area contributed by atoms with Gasteiger partial charge in [0.2, 0.25) is 12.6 Å². The second-order valence-electron chi connectivity index (χ2n) is 16.5. The molecule has 2 aromatic rings. The van der Waals surface area contributed by atoms with E-state index in [1.54, 1.807) is 0 Å². The molecule has 0 spiro atoms. The van der Waals surface area contributed by atoms with Gasteiger partial charge in [0.05, 0.1) is 0 Å². The Morgan fingerprint density at radius 1 is 0.700 bits per heavy atom. The molecule has 4 fully saturated rings. The molecule has 272 valence electrons. The van der Waals surface area contributed by atoms with Gasteiger partial charge >= 0.3 is 6.16 Å². The standard InChI is InChI=1S/C43H60N2O5/c1-3-5-13-39(47-31-17-15-29-25-37-33-11-7-9-19-42(33,21-23-44-37)35(29)27-31)49-41(46)50-40(14-6-4-2)48-32-18-16-30-26-38-34-12-8-10-20-43(34,22-24-45-38)36(30)28-32/h15-18,27-28,33-34,37-40,44-45H,3-14,19-26H2,1-2H3/t33-,34-,37+,38+,39?,40?,42+,43+/m0/s1. The highest BCUT2D eigenvalue weighted by Crippen LogP contribution is 2.55. The lowest BCUT2D eigenvalue weighted by atomic mass is 9.53. The van der Waals surface area contributed by atoms with Crippen LogP contribution in [-0.4, -0.2) is 43.9 Å². The van der Waals surface area contributed by atoms with Crippen molar-refractivity contribution in [1.29, 1.82) is 0 Å². The predicted molar refractivity (Wildman–Crippen MR) is 196 cm³/mol. The SMILES string of the molecule is CCCCC(OC(=O)OC(CCCC)Oc1ccc2c(c1)[C@@]13CCCC[C@H]1[C@@H](C2)NCC3)Oc1ccc2c(c1)[C@@]13CCCC[C@H]1[C@@H](C2)NCC3. The maximum Gasteiger partial charge on any atom is 0.514 e. The average Bonchev–Trinajstić information content (AvgIpc) is 3.13. The van der Waals surface area contributed by atoms with Gasteiger partial charge in [-0.25, -0.2) is 4.79 Å². The molecule has 0 aromatic heterocycles. The summed E-state index contributed by atoms with van der Waals surface area (Å²) in [5, 5.41) is 7.68. The first-order valence-corrected chi connectivity index (χ1v) is 20.5. The topological polar surface area (TPSA) is 78.1 Å².